The van der Waals surface area contributed by atoms with Crippen LogP contribution in [0.3, 0.4) is 0 Å². The Morgan fingerprint density at radius 2 is 1.48 bits per heavy atom. The van der Waals surface area contributed by atoms with Crippen molar-refractivity contribution in [2.45, 2.75) is 17.2 Å². The van der Waals surface area contributed by atoms with E-state index in [9.17, 15) is 9.59 Å². The zero-order chi connectivity index (χ0) is 23.9. The number of nitrogens with one attached hydrogen (secondary N) is 2. The Kier molecular flexibility index (Phi) is 6.86. The Hall–Kier alpha value is -1.95. The fourth-order valence-electron chi connectivity index (χ4n) is 3.64. The van der Waals surface area contributed by atoms with E-state index in [4.69, 9.17) is 58.0 Å². The lowest BCUT2D eigenvalue weighted by atomic mass is 10.1. The van der Waals surface area contributed by atoms with E-state index in [1.54, 1.807) is 48.5 Å². The zero-order valence-corrected chi connectivity index (χ0v) is 20.9. The minimum atomic E-state index is -1.30. The molecule has 33 heavy (non-hydrogen) atoms. The molecule has 3 aromatic rings. The fraction of sp³-hybridized carbons (Fsp3) is 0.167. The summed E-state index contributed by atoms with van der Waals surface area (Å²) in [5.74, 6) is -1.87. The maximum absolute atomic E-state index is 12.9. The molecule has 0 spiro atoms. The van der Waals surface area contributed by atoms with E-state index in [0.29, 0.717) is 37.6 Å². The van der Waals surface area contributed by atoms with Gasteiger partial charge in [0.25, 0.3) is 5.91 Å². The number of hydrogen-bond acceptors (Lipinski definition) is 2. The van der Waals surface area contributed by atoms with Crippen molar-refractivity contribution >= 4 is 81.2 Å². The summed E-state index contributed by atoms with van der Waals surface area (Å²) < 4.78 is -1.30. The average molecular weight is 543 g/mol. The first-order valence-electron chi connectivity index (χ1n) is 9.88. The third-order valence-electron chi connectivity index (χ3n) is 5.38. The molecular weight excluding hydrogens is 526 g/mol. The Labute approximate surface area is 216 Å². The van der Waals surface area contributed by atoms with Gasteiger partial charge in [0.05, 0.1) is 16.6 Å². The molecule has 2 amide bonds. The Balaban J connectivity index is 1.49. The highest BCUT2D eigenvalue weighted by Crippen LogP contribution is 2.65. The van der Waals surface area contributed by atoms with Crippen LogP contribution in [0.1, 0.15) is 27.4 Å². The molecular formula is C24H17Cl5N2O2. The predicted octanol–water partition coefficient (Wildman–Crippen LogP) is 7.73. The van der Waals surface area contributed by atoms with Crippen LogP contribution in [0.25, 0.3) is 0 Å². The van der Waals surface area contributed by atoms with Crippen molar-refractivity contribution in [3.05, 3.63) is 92.4 Å². The standard InChI is InChI=1S/C24H17Cl5N2O2/c1-12-2-4-13(5-3-12)22(32)31-19-11-17(6-7-18(19)27)30-23(33)21-20(24(21,28)29)14-8-15(25)10-16(26)9-14/h2-11,20-21H,1H3,(H,30,33)(H,31,32). The van der Waals surface area contributed by atoms with Crippen LogP contribution >= 0.6 is 58.0 Å². The molecule has 0 heterocycles. The summed E-state index contributed by atoms with van der Waals surface area (Å²) in [5, 5.41) is 6.75. The molecule has 2 N–H and O–H groups in total. The van der Waals surface area contributed by atoms with Crippen molar-refractivity contribution < 1.29 is 9.59 Å². The number of rotatable bonds is 5. The predicted molar refractivity (Wildman–Crippen MR) is 136 cm³/mol. The normalized spacial score (nSPS) is 18.5. The topological polar surface area (TPSA) is 58.2 Å². The number of amides is 2. The van der Waals surface area contributed by atoms with Crippen LogP contribution in [-0.2, 0) is 4.79 Å². The molecule has 170 valence electrons. The van der Waals surface area contributed by atoms with Gasteiger partial charge in [0.1, 0.15) is 4.33 Å². The number of carbonyl (C=O) groups excluding carboxylic acids is 2. The lowest BCUT2D eigenvalue weighted by molar-refractivity contribution is -0.117. The van der Waals surface area contributed by atoms with Crippen LogP contribution in [0.5, 0.6) is 0 Å². The summed E-state index contributed by atoms with van der Waals surface area (Å²) >= 11 is 31.2. The van der Waals surface area contributed by atoms with Crippen LogP contribution in [0, 0.1) is 12.8 Å². The van der Waals surface area contributed by atoms with Crippen LogP contribution in [0.4, 0.5) is 11.4 Å². The highest BCUT2D eigenvalue weighted by molar-refractivity contribution is 6.53. The summed E-state index contributed by atoms with van der Waals surface area (Å²) in [5.41, 5.74) is 3.00. The van der Waals surface area contributed by atoms with Crippen molar-refractivity contribution in [2.75, 3.05) is 10.6 Å². The first-order valence-corrected chi connectivity index (χ1v) is 11.8. The van der Waals surface area contributed by atoms with Gasteiger partial charge in [-0.05, 0) is 61.0 Å². The molecule has 0 radical (unpaired) electrons. The van der Waals surface area contributed by atoms with Gasteiger partial charge in [0.2, 0.25) is 5.91 Å². The number of benzene rings is 3. The molecule has 4 nitrogen and oxygen atoms in total. The van der Waals surface area contributed by atoms with Gasteiger partial charge >= 0.3 is 0 Å². The number of aryl methyl sites for hydroxylation is 1. The van der Waals surface area contributed by atoms with Crippen molar-refractivity contribution in [3.8, 4) is 0 Å². The van der Waals surface area contributed by atoms with Crippen LogP contribution in [-0.4, -0.2) is 16.1 Å². The maximum atomic E-state index is 12.9. The number of alkyl halides is 2. The van der Waals surface area contributed by atoms with Gasteiger partial charge in [-0.15, -0.1) is 23.2 Å². The second kappa shape index (κ2) is 9.36. The molecule has 2 unspecified atom stereocenters. The highest BCUT2D eigenvalue weighted by atomic mass is 35.5. The Morgan fingerprint density at radius 1 is 0.848 bits per heavy atom. The highest BCUT2D eigenvalue weighted by Gasteiger charge is 2.67. The van der Waals surface area contributed by atoms with Crippen LogP contribution in [0.2, 0.25) is 15.1 Å². The first kappa shape index (κ1) is 24.2. The van der Waals surface area contributed by atoms with Crippen LogP contribution < -0.4 is 10.6 Å². The minimum absolute atomic E-state index is 0.319. The third kappa shape index (κ3) is 5.26. The number of carbonyl (C=O) groups is 2. The first-order chi connectivity index (χ1) is 15.6. The largest absolute Gasteiger partial charge is 0.326 e. The van der Waals surface area contributed by atoms with E-state index in [0.717, 1.165) is 5.56 Å². The van der Waals surface area contributed by atoms with E-state index in [-0.39, 0.29) is 11.8 Å². The average Bonchev–Trinajstić information content (AvgIpc) is 3.32. The minimum Gasteiger partial charge on any atom is -0.326 e. The molecule has 1 aliphatic carbocycles. The quantitative estimate of drug-likeness (QED) is 0.324. The lowest BCUT2D eigenvalue weighted by Crippen LogP contribution is -2.17. The fourth-order valence-corrected chi connectivity index (χ4v) is 5.18. The molecule has 0 aliphatic heterocycles. The maximum Gasteiger partial charge on any atom is 0.255 e. The van der Waals surface area contributed by atoms with E-state index in [1.165, 1.54) is 0 Å². The molecule has 9 heteroatoms. The van der Waals surface area contributed by atoms with Gasteiger partial charge < -0.3 is 10.6 Å². The summed E-state index contributed by atoms with van der Waals surface area (Å²) in [7, 11) is 0. The zero-order valence-electron chi connectivity index (χ0n) is 17.1. The second-order valence-electron chi connectivity index (χ2n) is 7.84. The van der Waals surface area contributed by atoms with E-state index in [2.05, 4.69) is 10.6 Å². The van der Waals surface area contributed by atoms with Crippen LogP contribution in [0.15, 0.2) is 60.7 Å². The molecule has 2 atom stereocenters. The molecule has 3 aromatic carbocycles. The monoisotopic (exact) mass is 540 g/mol. The van der Waals surface area contributed by atoms with Gasteiger partial charge in [-0.25, -0.2) is 0 Å². The Morgan fingerprint density at radius 3 is 2.12 bits per heavy atom. The molecule has 0 bridgehead atoms. The second-order valence-corrected chi connectivity index (χ2v) is 10.6. The smallest absolute Gasteiger partial charge is 0.255 e. The molecule has 1 saturated carbocycles. The molecule has 1 aliphatic rings. The third-order valence-corrected chi connectivity index (χ3v) is 7.08. The van der Waals surface area contributed by atoms with Gasteiger partial charge in [-0.3, -0.25) is 9.59 Å². The lowest BCUT2D eigenvalue weighted by Gasteiger charge is -2.11. The molecule has 0 aromatic heterocycles. The summed E-state index contributed by atoms with van der Waals surface area (Å²) in [6.45, 7) is 1.94. The van der Waals surface area contributed by atoms with E-state index >= 15 is 0 Å². The van der Waals surface area contributed by atoms with Crippen molar-refractivity contribution in [3.63, 3.8) is 0 Å². The van der Waals surface area contributed by atoms with Crippen molar-refractivity contribution in [1.82, 2.24) is 0 Å². The Bertz CT molecular complexity index is 1220. The number of anilines is 2. The van der Waals surface area contributed by atoms with Gasteiger partial charge in [0, 0.05) is 27.2 Å². The summed E-state index contributed by atoms with van der Waals surface area (Å²) in [6, 6.07) is 16.9. The summed E-state index contributed by atoms with van der Waals surface area (Å²) in [4.78, 5) is 25.5. The molecule has 4 rings (SSSR count). The van der Waals surface area contributed by atoms with Crippen molar-refractivity contribution in [1.29, 1.82) is 0 Å². The number of hydrogen-bond donors (Lipinski definition) is 2. The molecule has 1 fully saturated rings. The van der Waals surface area contributed by atoms with Crippen molar-refractivity contribution in [2.24, 2.45) is 5.92 Å². The van der Waals surface area contributed by atoms with E-state index in [1.807, 2.05) is 19.1 Å². The molecule has 0 saturated heterocycles. The van der Waals surface area contributed by atoms with Gasteiger partial charge in [-0.2, -0.15) is 0 Å². The SMILES string of the molecule is Cc1ccc(C(=O)Nc2cc(NC(=O)C3C(c4cc(Cl)cc(Cl)c4)C3(Cl)Cl)ccc2Cl)cc1. The van der Waals surface area contributed by atoms with Gasteiger partial charge in [-0.1, -0.05) is 52.5 Å². The van der Waals surface area contributed by atoms with Gasteiger partial charge in [0.15, 0.2) is 0 Å². The summed E-state index contributed by atoms with van der Waals surface area (Å²) in [6.07, 6.45) is 0. The number of halogens is 5. The van der Waals surface area contributed by atoms with E-state index < -0.39 is 16.2 Å².